The van der Waals surface area contributed by atoms with Crippen LogP contribution in [0.15, 0.2) is 24.3 Å². The van der Waals surface area contributed by atoms with Crippen molar-refractivity contribution in [3.8, 4) is 0 Å². The molecule has 0 saturated carbocycles. The fraction of sp³-hybridized carbons (Fsp3) is 0.529. The first-order valence-corrected chi connectivity index (χ1v) is 8.00. The number of hydrogen-bond donors (Lipinski definition) is 3. The Bertz CT molecular complexity index is 503. The summed E-state index contributed by atoms with van der Waals surface area (Å²) in [5.74, 6) is -1.06. The minimum Gasteiger partial charge on any atom is -0.353 e. The van der Waals surface area contributed by atoms with Gasteiger partial charge in [-0.25, -0.2) is 4.39 Å². The molecule has 0 bridgehead atoms. The molecule has 2 amide bonds. The molecule has 5 nitrogen and oxygen atoms in total. The summed E-state index contributed by atoms with van der Waals surface area (Å²) in [5, 5.41) is 8.72. The molecule has 0 radical (unpaired) electrons. The molecular weight excluding hydrogens is 297 g/mol. The van der Waals surface area contributed by atoms with Crippen LogP contribution in [0.1, 0.15) is 37.6 Å². The summed E-state index contributed by atoms with van der Waals surface area (Å²) < 4.78 is 12.9. The third-order valence-corrected chi connectivity index (χ3v) is 3.37. The van der Waals surface area contributed by atoms with Crippen LogP contribution >= 0.6 is 0 Å². The average molecular weight is 323 g/mol. The molecule has 0 fully saturated rings. The Morgan fingerprint density at radius 1 is 1.09 bits per heavy atom. The van der Waals surface area contributed by atoms with Gasteiger partial charge in [0.2, 0.25) is 5.91 Å². The van der Waals surface area contributed by atoms with Crippen LogP contribution in [0, 0.1) is 11.7 Å². The van der Waals surface area contributed by atoms with Gasteiger partial charge in [0.15, 0.2) is 0 Å². The van der Waals surface area contributed by atoms with E-state index in [0.29, 0.717) is 18.7 Å². The summed E-state index contributed by atoms with van der Waals surface area (Å²) in [7, 11) is 0. The zero-order valence-electron chi connectivity index (χ0n) is 14.0. The van der Waals surface area contributed by atoms with E-state index in [1.807, 2.05) is 13.8 Å². The molecule has 1 rings (SSSR count). The van der Waals surface area contributed by atoms with Crippen molar-refractivity contribution < 1.29 is 14.0 Å². The molecule has 0 aromatic heterocycles. The monoisotopic (exact) mass is 323 g/mol. The number of carbonyl (C=O) groups is 2. The highest BCUT2D eigenvalue weighted by atomic mass is 19.1. The lowest BCUT2D eigenvalue weighted by Gasteiger charge is -2.22. The van der Waals surface area contributed by atoms with Crippen LogP contribution in [0.3, 0.4) is 0 Å². The third kappa shape index (κ3) is 6.78. The predicted octanol–water partition coefficient (Wildman–Crippen LogP) is 1.70. The van der Waals surface area contributed by atoms with E-state index in [0.717, 1.165) is 13.0 Å². The molecule has 128 valence electrons. The topological polar surface area (TPSA) is 70.2 Å². The number of halogens is 1. The van der Waals surface area contributed by atoms with Crippen molar-refractivity contribution in [1.29, 1.82) is 0 Å². The summed E-state index contributed by atoms with van der Waals surface area (Å²) in [5.41, 5.74) is 0.328. The van der Waals surface area contributed by atoms with Gasteiger partial charge in [-0.2, -0.15) is 0 Å². The van der Waals surface area contributed by atoms with Crippen molar-refractivity contribution in [2.45, 2.75) is 33.2 Å². The lowest BCUT2D eigenvalue weighted by Crippen LogP contribution is -2.50. The number of carbonyl (C=O) groups excluding carboxylic acids is 2. The van der Waals surface area contributed by atoms with Crippen LogP contribution in [0.4, 0.5) is 4.39 Å². The molecule has 1 unspecified atom stereocenters. The smallest absolute Gasteiger partial charge is 0.251 e. The fourth-order valence-corrected chi connectivity index (χ4v) is 2.05. The highest BCUT2D eigenvalue weighted by molar-refractivity contribution is 5.97. The number of nitrogens with one attached hydrogen (secondary N) is 3. The fourth-order valence-electron chi connectivity index (χ4n) is 2.05. The first-order chi connectivity index (χ1) is 11.0. The Morgan fingerprint density at radius 3 is 2.30 bits per heavy atom. The lowest BCUT2D eigenvalue weighted by atomic mass is 10.0. The molecule has 0 spiro atoms. The number of amides is 2. The van der Waals surface area contributed by atoms with Crippen LogP contribution in [-0.2, 0) is 4.79 Å². The van der Waals surface area contributed by atoms with Crippen molar-refractivity contribution >= 4 is 11.8 Å². The van der Waals surface area contributed by atoms with Crippen LogP contribution < -0.4 is 16.0 Å². The van der Waals surface area contributed by atoms with Gasteiger partial charge in [-0.1, -0.05) is 20.8 Å². The standard InChI is InChI=1S/C17H26FN3O2/c1-4-9-19-10-11-20-17(23)15(12(2)3)21-16(22)13-5-7-14(18)8-6-13/h5-8,12,15,19H,4,9-11H2,1-3H3,(H,20,23)(H,21,22). The second-order valence-corrected chi connectivity index (χ2v) is 5.74. The van der Waals surface area contributed by atoms with E-state index in [1.54, 1.807) is 0 Å². The van der Waals surface area contributed by atoms with Gasteiger partial charge in [-0.05, 0) is 43.1 Å². The quantitative estimate of drug-likeness (QED) is 0.606. The Kier molecular flexibility index (Phi) is 8.26. The van der Waals surface area contributed by atoms with Gasteiger partial charge in [0, 0.05) is 18.7 Å². The largest absolute Gasteiger partial charge is 0.353 e. The molecule has 1 atom stereocenters. The van der Waals surface area contributed by atoms with Crippen molar-refractivity contribution in [3.05, 3.63) is 35.6 Å². The summed E-state index contributed by atoms with van der Waals surface area (Å²) in [4.78, 5) is 24.4. The molecular formula is C17H26FN3O2. The van der Waals surface area contributed by atoms with Gasteiger partial charge >= 0.3 is 0 Å². The van der Waals surface area contributed by atoms with Gasteiger partial charge in [0.1, 0.15) is 11.9 Å². The maximum absolute atomic E-state index is 12.9. The minimum absolute atomic E-state index is 0.0528. The minimum atomic E-state index is -0.626. The Hall–Kier alpha value is -1.95. The molecule has 0 aliphatic heterocycles. The van der Waals surface area contributed by atoms with Crippen molar-refractivity contribution in [2.24, 2.45) is 5.92 Å². The highest BCUT2D eigenvalue weighted by Crippen LogP contribution is 2.06. The summed E-state index contributed by atoms with van der Waals surface area (Å²) in [6.07, 6.45) is 1.04. The molecule has 0 saturated heterocycles. The molecule has 0 heterocycles. The maximum atomic E-state index is 12.9. The maximum Gasteiger partial charge on any atom is 0.251 e. The molecule has 6 heteroatoms. The van der Waals surface area contributed by atoms with E-state index in [2.05, 4.69) is 22.9 Å². The molecule has 1 aromatic rings. The highest BCUT2D eigenvalue weighted by Gasteiger charge is 2.24. The van der Waals surface area contributed by atoms with E-state index in [1.165, 1.54) is 24.3 Å². The zero-order chi connectivity index (χ0) is 17.2. The molecule has 0 aliphatic rings. The number of rotatable bonds is 9. The van der Waals surface area contributed by atoms with Crippen LogP contribution in [0.5, 0.6) is 0 Å². The first kappa shape index (κ1) is 19.1. The van der Waals surface area contributed by atoms with Crippen LogP contribution in [0.25, 0.3) is 0 Å². The SMILES string of the molecule is CCCNCCNC(=O)C(NC(=O)c1ccc(F)cc1)C(C)C. The first-order valence-electron chi connectivity index (χ1n) is 8.00. The second-order valence-electron chi connectivity index (χ2n) is 5.74. The number of hydrogen-bond acceptors (Lipinski definition) is 3. The Labute approximate surface area is 137 Å². The van der Waals surface area contributed by atoms with Crippen LogP contribution in [-0.4, -0.2) is 37.5 Å². The van der Waals surface area contributed by atoms with Gasteiger partial charge < -0.3 is 16.0 Å². The van der Waals surface area contributed by atoms with E-state index in [-0.39, 0.29) is 17.7 Å². The summed E-state index contributed by atoms with van der Waals surface area (Å²) in [6.45, 7) is 7.91. The molecule has 0 aliphatic carbocycles. The third-order valence-electron chi connectivity index (χ3n) is 3.37. The van der Waals surface area contributed by atoms with Gasteiger partial charge in [-0.3, -0.25) is 9.59 Å². The Balaban J connectivity index is 2.55. The van der Waals surface area contributed by atoms with Crippen LogP contribution in [0.2, 0.25) is 0 Å². The number of benzene rings is 1. The van der Waals surface area contributed by atoms with E-state index < -0.39 is 11.9 Å². The predicted molar refractivity (Wildman–Crippen MR) is 88.7 cm³/mol. The zero-order valence-corrected chi connectivity index (χ0v) is 14.0. The lowest BCUT2D eigenvalue weighted by molar-refractivity contribution is -0.123. The molecule has 3 N–H and O–H groups in total. The average Bonchev–Trinajstić information content (AvgIpc) is 2.52. The Morgan fingerprint density at radius 2 is 1.74 bits per heavy atom. The normalized spacial score (nSPS) is 12.0. The second kappa shape index (κ2) is 9.94. The van der Waals surface area contributed by atoms with Gasteiger partial charge in [0.05, 0.1) is 0 Å². The van der Waals surface area contributed by atoms with E-state index in [4.69, 9.17) is 0 Å². The van der Waals surface area contributed by atoms with E-state index >= 15 is 0 Å². The van der Waals surface area contributed by atoms with Crippen molar-refractivity contribution in [3.63, 3.8) is 0 Å². The molecule has 1 aromatic carbocycles. The van der Waals surface area contributed by atoms with Crippen molar-refractivity contribution in [2.75, 3.05) is 19.6 Å². The van der Waals surface area contributed by atoms with Gasteiger partial charge in [0.25, 0.3) is 5.91 Å². The van der Waals surface area contributed by atoms with Crippen molar-refractivity contribution in [1.82, 2.24) is 16.0 Å². The van der Waals surface area contributed by atoms with E-state index in [9.17, 15) is 14.0 Å². The summed E-state index contributed by atoms with van der Waals surface area (Å²) >= 11 is 0. The summed E-state index contributed by atoms with van der Waals surface area (Å²) in [6, 6.07) is 4.61. The molecule has 23 heavy (non-hydrogen) atoms. The van der Waals surface area contributed by atoms with Gasteiger partial charge in [-0.15, -0.1) is 0 Å².